The Kier molecular flexibility index (Phi) is 3.07. The van der Waals surface area contributed by atoms with Crippen molar-refractivity contribution in [1.82, 2.24) is 5.43 Å². The lowest BCUT2D eigenvalue weighted by atomic mass is 9.74. The fraction of sp³-hybridized carbons (Fsp3) is 0.333. The van der Waals surface area contributed by atoms with E-state index in [0.717, 1.165) is 24.3 Å². The van der Waals surface area contributed by atoms with Gasteiger partial charge in [0.15, 0.2) is 0 Å². The number of methoxy groups -OCH3 is 1. The Hall–Kier alpha value is -2.10. The fourth-order valence-corrected chi connectivity index (χ4v) is 2.59. The van der Waals surface area contributed by atoms with Crippen LogP contribution >= 0.6 is 0 Å². The number of allylic oxidation sites excluding steroid dienone is 2. The van der Waals surface area contributed by atoms with Crippen molar-refractivity contribution in [3.63, 3.8) is 0 Å². The summed E-state index contributed by atoms with van der Waals surface area (Å²) >= 11 is 0. The predicted molar refractivity (Wildman–Crippen MR) is 73.2 cm³/mol. The van der Waals surface area contributed by atoms with Gasteiger partial charge in [0.1, 0.15) is 5.75 Å². The number of carbonyl (C=O) groups is 1. The van der Waals surface area contributed by atoms with E-state index in [1.54, 1.807) is 31.4 Å². The van der Waals surface area contributed by atoms with Crippen molar-refractivity contribution in [1.29, 1.82) is 0 Å². The van der Waals surface area contributed by atoms with E-state index in [1.807, 2.05) is 0 Å². The van der Waals surface area contributed by atoms with Gasteiger partial charge in [-0.05, 0) is 43.0 Å². The van der Waals surface area contributed by atoms with Gasteiger partial charge in [0.2, 0.25) is 0 Å². The van der Waals surface area contributed by atoms with Crippen LogP contribution in [-0.4, -0.2) is 18.7 Å². The Labute approximate surface area is 112 Å². The lowest BCUT2D eigenvalue weighted by Crippen LogP contribution is -2.35. The first kappa shape index (κ1) is 12.0. The maximum Gasteiger partial charge on any atom is 0.271 e. The highest BCUT2D eigenvalue weighted by Crippen LogP contribution is 2.40. The molecule has 0 bridgehead atoms. The maximum absolute atomic E-state index is 11.9. The molecule has 98 valence electrons. The molecule has 4 heteroatoms. The Morgan fingerprint density at radius 3 is 2.84 bits per heavy atom. The summed E-state index contributed by atoms with van der Waals surface area (Å²) in [5.74, 6) is 1.74. The maximum atomic E-state index is 11.9. The molecule has 3 rings (SSSR count). The number of benzene rings is 1. The highest BCUT2D eigenvalue weighted by molar-refractivity contribution is 5.98. The lowest BCUT2D eigenvalue weighted by Gasteiger charge is -2.31. The number of carbonyl (C=O) groups excluding carboxylic acids is 1. The van der Waals surface area contributed by atoms with Crippen molar-refractivity contribution in [2.24, 2.45) is 16.9 Å². The van der Waals surface area contributed by atoms with Crippen LogP contribution < -0.4 is 10.2 Å². The molecule has 1 fully saturated rings. The zero-order valence-electron chi connectivity index (χ0n) is 10.8. The molecule has 1 aromatic rings. The molecule has 0 unspecified atom stereocenters. The van der Waals surface area contributed by atoms with E-state index in [0.29, 0.717) is 17.4 Å². The van der Waals surface area contributed by atoms with Crippen LogP contribution in [-0.2, 0) is 0 Å². The second-order valence-electron chi connectivity index (χ2n) is 4.91. The van der Waals surface area contributed by atoms with E-state index in [2.05, 4.69) is 22.7 Å². The zero-order chi connectivity index (χ0) is 13.2. The topological polar surface area (TPSA) is 50.7 Å². The lowest BCUT2D eigenvalue weighted by molar-refractivity contribution is 0.0954. The SMILES string of the molecule is COc1ccc(C(=O)N/N=C2/C[C@@H]3C=CC[C@@H]23)cc1. The van der Waals surface area contributed by atoms with Gasteiger partial charge in [-0.25, -0.2) is 5.43 Å². The standard InChI is InChI=1S/C15H16N2O2/c1-19-12-7-5-10(6-8-12)15(18)17-16-14-9-11-3-2-4-13(11)14/h2-3,5-8,11,13H,4,9H2,1H3,(H,17,18)/b16-14-/t11-,13+/m0/s1. The molecule has 0 saturated heterocycles. The molecule has 0 spiro atoms. The third-order valence-electron chi connectivity index (χ3n) is 3.82. The van der Waals surface area contributed by atoms with Crippen LogP contribution in [0.3, 0.4) is 0 Å². The van der Waals surface area contributed by atoms with Crippen molar-refractivity contribution in [2.75, 3.05) is 7.11 Å². The van der Waals surface area contributed by atoms with Gasteiger partial charge in [0, 0.05) is 17.2 Å². The number of nitrogens with zero attached hydrogens (tertiary/aromatic N) is 1. The largest absolute Gasteiger partial charge is 0.497 e. The van der Waals surface area contributed by atoms with E-state index in [9.17, 15) is 4.79 Å². The minimum Gasteiger partial charge on any atom is -0.497 e. The van der Waals surface area contributed by atoms with Gasteiger partial charge in [-0.2, -0.15) is 5.10 Å². The summed E-state index contributed by atoms with van der Waals surface area (Å²) in [6.07, 6.45) is 6.48. The number of fused-ring (bicyclic) bond motifs is 1. The van der Waals surface area contributed by atoms with Crippen molar-refractivity contribution < 1.29 is 9.53 Å². The Balaban J connectivity index is 1.60. The molecule has 1 amide bonds. The second-order valence-corrected chi connectivity index (χ2v) is 4.91. The third kappa shape index (κ3) is 2.26. The summed E-state index contributed by atoms with van der Waals surface area (Å²) in [7, 11) is 1.60. The monoisotopic (exact) mass is 256 g/mol. The van der Waals surface area contributed by atoms with Crippen molar-refractivity contribution >= 4 is 11.6 Å². The van der Waals surface area contributed by atoms with Crippen LogP contribution in [0.5, 0.6) is 5.75 Å². The summed E-state index contributed by atoms with van der Waals surface area (Å²) in [6, 6.07) is 6.99. The quantitative estimate of drug-likeness (QED) is 0.666. The average Bonchev–Trinajstić information content (AvgIpc) is 2.80. The Morgan fingerprint density at radius 1 is 1.37 bits per heavy atom. The van der Waals surface area contributed by atoms with E-state index >= 15 is 0 Å². The molecular formula is C15H16N2O2. The average molecular weight is 256 g/mol. The van der Waals surface area contributed by atoms with E-state index in [-0.39, 0.29) is 5.91 Å². The molecule has 19 heavy (non-hydrogen) atoms. The minimum absolute atomic E-state index is 0.176. The highest BCUT2D eigenvalue weighted by Gasteiger charge is 2.37. The highest BCUT2D eigenvalue weighted by atomic mass is 16.5. The number of ether oxygens (including phenoxy) is 1. The normalized spacial score (nSPS) is 25.8. The molecule has 1 N–H and O–H groups in total. The van der Waals surface area contributed by atoms with Crippen LogP contribution in [0.1, 0.15) is 23.2 Å². The molecular weight excluding hydrogens is 240 g/mol. The van der Waals surface area contributed by atoms with E-state index in [4.69, 9.17) is 4.74 Å². The number of amides is 1. The minimum atomic E-state index is -0.176. The van der Waals surface area contributed by atoms with Crippen molar-refractivity contribution in [2.45, 2.75) is 12.8 Å². The molecule has 0 heterocycles. The molecule has 2 aliphatic carbocycles. The molecule has 0 aliphatic heterocycles. The summed E-state index contributed by atoms with van der Waals surface area (Å²) in [5, 5.41) is 4.24. The molecule has 0 aromatic heterocycles. The molecule has 0 radical (unpaired) electrons. The number of hydrazone groups is 1. The van der Waals surface area contributed by atoms with Crippen LogP contribution in [0.15, 0.2) is 41.5 Å². The van der Waals surface area contributed by atoms with Crippen LogP contribution in [0.4, 0.5) is 0 Å². The predicted octanol–water partition coefficient (Wildman–Crippen LogP) is 2.38. The van der Waals surface area contributed by atoms with Gasteiger partial charge in [-0.3, -0.25) is 4.79 Å². The van der Waals surface area contributed by atoms with Crippen LogP contribution in [0, 0.1) is 11.8 Å². The Bertz CT molecular complexity index is 546. The second kappa shape index (κ2) is 4.88. The molecule has 2 atom stereocenters. The fourth-order valence-electron chi connectivity index (χ4n) is 2.59. The first-order valence-corrected chi connectivity index (χ1v) is 6.45. The number of hydrogen-bond donors (Lipinski definition) is 1. The van der Waals surface area contributed by atoms with Crippen LogP contribution in [0.25, 0.3) is 0 Å². The summed E-state index contributed by atoms with van der Waals surface area (Å²) in [6.45, 7) is 0. The summed E-state index contributed by atoms with van der Waals surface area (Å²) < 4.78 is 5.05. The molecule has 2 aliphatic rings. The van der Waals surface area contributed by atoms with Crippen LogP contribution in [0.2, 0.25) is 0 Å². The first-order chi connectivity index (χ1) is 9.28. The first-order valence-electron chi connectivity index (χ1n) is 6.45. The van der Waals surface area contributed by atoms with Gasteiger partial charge in [-0.15, -0.1) is 0 Å². The molecule has 1 aromatic carbocycles. The van der Waals surface area contributed by atoms with Gasteiger partial charge in [-0.1, -0.05) is 12.2 Å². The Morgan fingerprint density at radius 2 is 2.16 bits per heavy atom. The molecule has 1 saturated carbocycles. The number of hydrogen-bond acceptors (Lipinski definition) is 3. The third-order valence-corrected chi connectivity index (χ3v) is 3.82. The zero-order valence-corrected chi connectivity index (χ0v) is 10.8. The van der Waals surface area contributed by atoms with E-state index in [1.165, 1.54) is 0 Å². The smallest absolute Gasteiger partial charge is 0.271 e. The molecule has 4 nitrogen and oxygen atoms in total. The number of nitrogens with one attached hydrogen (secondary N) is 1. The van der Waals surface area contributed by atoms with Crippen molar-refractivity contribution in [3.8, 4) is 5.75 Å². The summed E-state index contributed by atoms with van der Waals surface area (Å²) in [5.41, 5.74) is 4.33. The van der Waals surface area contributed by atoms with E-state index < -0.39 is 0 Å². The summed E-state index contributed by atoms with van der Waals surface area (Å²) in [4.78, 5) is 11.9. The van der Waals surface area contributed by atoms with Crippen molar-refractivity contribution in [3.05, 3.63) is 42.0 Å². The van der Waals surface area contributed by atoms with Gasteiger partial charge >= 0.3 is 0 Å². The van der Waals surface area contributed by atoms with Gasteiger partial charge in [0.05, 0.1) is 7.11 Å². The number of rotatable bonds is 3. The van der Waals surface area contributed by atoms with Gasteiger partial charge < -0.3 is 4.74 Å². The van der Waals surface area contributed by atoms with Gasteiger partial charge in [0.25, 0.3) is 5.91 Å².